The highest BCUT2D eigenvalue weighted by Gasteiger charge is 2.29. The minimum absolute atomic E-state index is 0.507. The zero-order valence-corrected chi connectivity index (χ0v) is 13.0. The summed E-state index contributed by atoms with van der Waals surface area (Å²) in [5.74, 6) is 0.636. The van der Waals surface area contributed by atoms with Gasteiger partial charge in [-0.1, -0.05) is 19.1 Å². The summed E-state index contributed by atoms with van der Waals surface area (Å²) in [4.78, 5) is 2.45. The van der Waals surface area contributed by atoms with E-state index in [1.807, 2.05) is 23.1 Å². The van der Waals surface area contributed by atoms with E-state index in [1.54, 1.807) is 0 Å². The van der Waals surface area contributed by atoms with Crippen molar-refractivity contribution in [3.05, 3.63) is 42.7 Å². The number of hydrogen-bond acceptors (Lipinski definition) is 3. The Morgan fingerprint density at radius 1 is 1.19 bits per heavy atom. The number of benzene rings is 1. The van der Waals surface area contributed by atoms with Crippen molar-refractivity contribution >= 4 is 5.69 Å². The van der Waals surface area contributed by atoms with Gasteiger partial charge in [0, 0.05) is 31.0 Å². The van der Waals surface area contributed by atoms with Crippen LogP contribution in [0, 0.1) is 5.92 Å². The molecule has 3 unspecified atom stereocenters. The normalized spacial score (nSPS) is 26.7. The average Bonchev–Trinajstić information content (AvgIpc) is 2.99. The summed E-state index contributed by atoms with van der Waals surface area (Å²) in [7, 11) is 2.22. The van der Waals surface area contributed by atoms with Gasteiger partial charge in [-0.25, -0.2) is 4.68 Å². The molecule has 4 nitrogen and oxygen atoms in total. The zero-order valence-electron chi connectivity index (χ0n) is 13.0. The van der Waals surface area contributed by atoms with Gasteiger partial charge in [0.25, 0.3) is 0 Å². The van der Waals surface area contributed by atoms with E-state index in [9.17, 15) is 0 Å². The summed E-state index contributed by atoms with van der Waals surface area (Å²) in [6.07, 6.45) is 4.98. The molecule has 1 fully saturated rings. The maximum Gasteiger partial charge on any atom is 0.0876 e. The van der Waals surface area contributed by atoms with E-state index in [2.05, 4.69) is 60.5 Å². The second-order valence-corrected chi connectivity index (χ2v) is 6.22. The van der Waals surface area contributed by atoms with Crippen molar-refractivity contribution in [3.8, 4) is 5.69 Å². The first-order valence-electron chi connectivity index (χ1n) is 7.71. The Bertz CT molecular complexity index is 578. The predicted molar refractivity (Wildman–Crippen MR) is 86.8 cm³/mol. The first kappa shape index (κ1) is 14.1. The molecule has 0 amide bonds. The van der Waals surface area contributed by atoms with Crippen molar-refractivity contribution in [2.45, 2.75) is 32.4 Å². The quantitative estimate of drug-likeness (QED) is 0.940. The second-order valence-electron chi connectivity index (χ2n) is 6.22. The minimum atomic E-state index is 0.507. The number of likely N-dealkylation sites (tertiary alicyclic amines) is 1. The molecule has 1 aliphatic rings. The van der Waals surface area contributed by atoms with Crippen molar-refractivity contribution < 1.29 is 0 Å². The number of aromatic nitrogens is 2. The van der Waals surface area contributed by atoms with Crippen LogP contribution in [0.1, 0.15) is 20.3 Å². The van der Waals surface area contributed by atoms with Crippen molar-refractivity contribution in [2.75, 3.05) is 18.9 Å². The van der Waals surface area contributed by atoms with Gasteiger partial charge in [0.15, 0.2) is 0 Å². The van der Waals surface area contributed by atoms with E-state index in [0.717, 1.165) is 17.9 Å². The van der Waals surface area contributed by atoms with Crippen LogP contribution < -0.4 is 5.32 Å². The Balaban J connectivity index is 1.82. The first-order chi connectivity index (χ1) is 10.1. The molecule has 21 heavy (non-hydrogen) atoms. The van der Waals surface area contributed by atoms with E-state index < -0.39 is 0 Å². The van der Waals surface area contributed by atoms with Gasteiger partial charge in [-0.2, -0.15) is 5.10 Å². The number of nitrogens with zero attached hydrogens (tertiary/aromatic N) is 3. The molecular weight excluding hydrogens is 260 g/mol. The van der Waals surface area contributed by atoms with E-state index in [4.69, 9.17) is 0 Å². The molecule has 112 valence electrons. The number of nitrogens with one attached hydrogen (secondary N) is 1. The van der Waals surface area contributed by atoms with Crippen molar-refractivity contribution in [2.24, 2.45) is 5.92 Å². The number of anilines is 1. The lowest BCUT2D eigenvalue weighted by Crippen LogP contribution is -2.48. The first-order valence-corrected chi connectivity index (χ1v) is 7.71. The van der Waals surface area contributed by atoms with Gasteiger partial charge in [0.2, 0.25) is 0 Å². The smallest absolute Gasteiger partial charge is 0.0876 e. The molecule has 4 heteroatoms. The molecule has 1 saturated heterocycles. The Labute approximate surface area is 126 Å². The van der Waals surface area contributed by atoms with Crippen molar-refractivity contribution in [1.29, 1.82) is 0 Å². The van der Waals surface area contributed by atoms with Gasteiger partial charge in [-0.3, -0.25) is 0 Å². The maximum absolute atomic E-state index is 4.35. The topological polar surface area (TPSA) is 33.1 Å². The number of rotatable bonds is 3. The van der Waals surface area contributed by atoms with E-state index in [0.29, 0.717) is 18.0 Å². The zero-order chi connectivity index (χ0) is 14.8. The summed E-state index contributed by atoms with van der Waals surface area (Å²) in [6.45, 7) is 5.78. The molecule has 0 bridgehead atoms. The van der Waals surface area contributed by atoms with Gasteiger partial charge < -0.3 is 10.2 Å². The number of para-hydroxylation sites is 2. The molecule has 0 aliphatic carbocycles. The van der Waals surface area contributed by atoms with Crippen LogP contribution in [0.15, 0.2) is 42.7 Å². The van der Waals surface area contributed by atoms with Crippen LogP contribution in [0.2, 0.25) is 0 Å². The van der Waals surface area contributed by atoms with Crippen molar-refractivity contribution in [1.82, 2.24) is 14.7 Å². The van der Waals surface area contributed by atoms with E-state index in [1.165, 1.54) is 6.42 Å². The molecule has 0 spiro atoms. The molecular formula is C17H24N4. The Morgan fingerprint density at radius 3 is 2.76 bits per heavy atom. The van der Waals surface area contributed by atoms with Gasteiger partial charge in [0.05, 0.1) is 11.4 Å². The van der Waals surface area contributed by atoms with Gasteiger partial charge in [-0.05, 0) is 44.5 Å². The molecule has 2 aromatic rings. The molecule has 1 N–H and O–H groups in total. The summed E-state index contributed by atoms with van der Waals surface area (Å²) in [6, 6.07) is 11.5. The monoisotopic (exact) mass is 284 g/mol. The fraction of sp³-hybridized carbons (Fsp3) is 0.471. The third kappa shape index (κ3) is 2.95. The molecule has 1 aromatic heterocycles. The highest BCUT2D eigenvalue weighted by molar-refractivity contribution is 5.61. The molecule has 0 saturated carbocycles. The number of piperidine rings is 1. The minimum Gasteiger partial charge on any atom is -0.380 e. The Kier molecular flexibility index (Phi) is 3.97. The van der Waals surface area contributed by atoms with Crippen LogP contribution in [0.4, 0.5) is 5.69 Å². The number of hydrogen-bond donors (Lipinski definition) is 1. The summed E-state index contributed by atoms with van der Waals surface area (Å²) in [5.41, 5.74) is 2.27. The summed E-state index contributed by atoms with van der Waals surface area (Å²) >= 11 is 0. The van der Waals surface area contributed by atoms with Crippen LogP contribution in [-0.2, 0) is 0 Å². The fourth-order valence-electron chi connectivity index (χ4n) is 3.15. The van der Waals surface area contributed by atoms with Crippen LogP contribution in [-0.4, -0.2) is 40.4 Å². The molecule has 3 rings (SSSR count). The van der Waals surface area contributed by atoms with Crippen molar-refractivity contribution in [3.63, 3.8) is 0 Å². The third-order valence-electron chi connectivity index (χ3n) is 4.61. The molecule has 0 radical (unpaired) electrons. The SMILES string of the molecule is CC1CN(C)C(C)CC1Nc1ccccc1-n1cccn1. The van der Waals surface area contributed by atoms with Crippen LogP contribution in [0.25, 0.3) is 5.69 Å². The summed E-state index contributed by atoms with van der Waals surface area (Å²) in [5, 5.41) is 8.11. The largest absolute Gasteiger partial charge is 0.380 e. The highest BCUT2D eigenvalue weighted by Crippen LogP contribution is 2.27. The summed E-state index contributed by atoms with van der Waals surface area (Å²) < 4.78 is 1.92. The Morgan fingerprint density at radius 2 is 2.00 bits per heavy atom. The molecule has 1 aromatic carbocycles. The van der Waals surface area contributed by atoms with Crippen LogP contribution in [0.3, 0.4) is 0 Å². The molecule has 2 heterocycles. The second kappa shape index (κ2) is 5.90. The Hall–Kier alpha value is -1.81. The lowest BCUT2D eigenvalue weighted by molar-refractivity contribution is 0.145. The van der Waals surface area contributed by atoms with Gasteiger partial charge in [-0.15, -0.1) is 0 Å². The predicted octanol–water partition coefficient (Wildman–Crippen LogP) is 3.01. The average molecular weight is 284 g/mol. The standard InChI is InChI=1S/C17H24N4/c1-13-12-20(3)14(2)11-16(13)19-15-7-4-5-8-17(15)21-10-6-9-18-21/h4-10,13-14,16,19H,11-12H2,1-3H3. The third-order valence-corrected chi connectivity index (χ3v) is 4.61. The van der Waals surface area contributed by atoms with Crippen LogP contribution in [0.5, 0.6) is 0 Å². The van der Waals surface area contributed by atoms with Gasteiger partial charge in [0.1, 0.15) is 0 Å². The molecule has 3 atom stereocenters. The maximum atomic E-state index is 4.35. The van der Waals surface area contributed by atoms with Gasteiger partial charge >= 0.3 is 0 Å². The lowest BCUT2D eigenvalue weighted by atomic mass is 9.89. The lowest BCUT2D eigenvalue weighted by Gasteiger charge is -2.40. The van der Waals surface area contributed by atoms with Crippen LogP contribution >= 0.6 is 0 Å². The fourth-order valence-corrected chi connectivity index (χ4v) is 3.15. The van der Waals surface area contributed by atoms with E-state index >= 15 is 0 Å². The molecule has 1 aliphatic heterocycles. The van der Waals surface area contributed by atoms with E-state index in [-0.39, 0.29) is 0 Å². The highest BCUT2D eigenvalue weighted by atomic mass is 15.3.